The van der Waals surface area contributed by atoms with Gasteiger partial charge in [-0.1, -0.05) is 121 Å². The van der Waals surface area contributed by atoms with Crippen molar-refractivity contribution in [3.63, 3.8) is 0 Å². The van der Waals surface area contributed by atoms with Crippen LogP contribution in [0.15, 0.2) is 132 Å². The molecule has 1 aliphatic rings. The smallest absolute Gasteiger partial charge is 0.133 e. The second-order valence-corrected chi connectivity index (χ2v) is 8.41. The number of hydrogen-bond donors (Lipinski definition) is 0. The van der Waals surface area contributed by atoms with Crippen molar-refractivity contribution in [3.8, 4) is 0 Å². The van der Waals surface area contributed by atoms with Crippen LogP contribution in [0.2, 0.25) is 0 Å². The Balaban J connectivity index is 1.60. The van der Waals surface area contributed by atoms with Gasteiger partial charge < -0.3 is 0 Å². The summed E-state index contributed by atoms with van der Waals surface area (Å²) < 4.78 is 0. The average molecular weight is 445 g/mol. The maximum Gasteiger partial charge on any atom is 0.133 e. The first kappa shape index (κ1) is 21.7. The third kappa shape index (κ3) is 4.62. The summed E-state index contributed by atoms with van der Waals surface area (Å²) in [6, 6.07) is 41.7. The minimum atomic E-state index is -0.0460. The second kappa shape index (κ2) is 10.2. The van der Waals surface area contributed by atoms with Crippen molar-refractivity contribution < 1.29 is 0 Å². The zero-order valence-electron chi connectivity index (χ0n) is 19.2. The first-order valence-corrected chi connectivity index (χ1v) is 11.7. The standard InChI is InChI=1S/C30H28N4/c1-24-33(31-22-25-14-6-2-7-15-25)29(27-18-10-4-11-19-27)30(28-20-12-5-13-21-28)34(24)32-23-26-16-8-3-9-17-26/h2-24,29-30H,1H3/b31-22-,32-23-/t24?,29-,30+. The molecule has 1 aliphatic heterocycles. The molecule has 1 unspecified atom stereocenters. The third-order valence-electron chi connectivity index (χ3n) is 6.20. The van der Waals surface area contributed by atoms with Crippen molar-refractivity contribution in [1.82, 2.24) is 10.0 Å². The van der Waals surface area contributed by atoms with Gasteiger partial charge in [0, 0.05) is 0 Å². The highest BCUT2D eigenvalue weighted by Gasteiger charge is 2.46. The highest BCUT2D eigenvalue weighted by atomic mass is 15.7. The van der Waals surface area contributed by atoms with Crippen molar-refractivity contribution >= 4 is 12.4 Å². The van der Waals surface area contributed by atoms with E-state index in [-0.39, 0.29) is 18.2 Å². The van der Waals surface area contributed by atoms with E-state index in [1.807, 2.05) is 48.8 Å². The molecule has 4 aromatic carbocycles. The number of hydrazone groups is 2. The number of nitrogens with zero attached hydrogens (tertiary/aromatic N) is 4. The molecule has 0 spiro atoms. The van der Waals surface area contributed by atoms with E-state index in [1.165, 1.54) is 11.1 Å². The Labute approximate surface area is 201 Å². The van der Waals surface area contributed by atoms with Gasteiger partial charge in [0.05, 0.1) is 12.4 Å². The number of rotatable bonds is 6. The lowest BCUT2D eigenvalue weighted by Gasteiger charge is -2.26. The number of benzene rings is 4. The summed E-state index contributed by atoms with van der Waals surface area (Å²) in [6.45, 7) is 2.17. The zero-order valence-corrected chi connectivity index (χ0v) is 19.2. The lowest BCUT2D eigenvalue weighted by Crippen LogP contribution is -2.31. The molecule has 4 heteroatoms. The molecular formula is C30H28N4. The van der Waals surface area contributed by atoms with Crippen molar-refractivity contribution in [2.24, 2.45) is 10.2 Å². The van der Waals surface area contributed by atoms with Crippen LogP contribution in [0.1, 0.15) is 41.3 Å². The van der Waals surface area contributed by atoms with Crippen LogP contribution < -0.4 is 0 Å². The van der Waals surface area contributed by atoms with Crippen LogP contribution in [0, 0.1) is 0 Å². The summed E-state index contributed by atoms with van der Waals surface area (Å²) in [5, 5.41) is 14.4. The summed E-state index contributed by atoms with van der Waals surface area (Å²) in [4.78, 5) is 0. The van der Waals surface area contributed by atoms with Gasteiger partial charge in [0.25, 0.3) is 0 Å². The van der Waals surface area contributed by atoms with Gasteiger partial charge >= 0.3 is 0 Å². The molecule has 168 valence electrons. The zero-order chi connectivity index (χ0) is 23.2. The molecule has 5 rings (SSSR count). The van der Waals surface area contributed by atoms with E-state index < -0.39 is 0 Å². The van der Waals surface area contributed by atoms with Gasteiger partial charge in [0.1, 0.15) is 18.2 Å². The molecule has 1 fully saturated rings. The largest absolute Gasteiger partial charge is 0.263 e. The fourth-order valence-electron chi connectivity index (χ4n) is 4.53. The topological polar surface area (TPSA) is 31.2 Å². The molecule has 0 N–H and O–H groups in total. The monoisotopic (exact) mass is 444 g/mol. The van der Waals surface area contributed by atoms with E-state index >= 15 is 0 Å². The second-order valence-electron chi connectivity index (χ2n) is 8.41. The van der Waals surface area contributed by atoms with Gasteiger partial charge in [-0.3, -0.25) is 10.0 Å². The van der Waals surface area contributed by atoms with Gasteiger partial charge in [-0.2, -0.15) is 10.2 Å². The molecule has 1 heterocycles. The first-order chi connectivity index (χ1) is 16.8. The molecule has 0 aliphatic carbocycles. The molecule has 0 amide bonds. The fraction of sp³-hybridized carbons (Fsp3) is 0.133. The summed E-state index contributed by atoms with van der Waals surface area (Å²) in [5.74, 6) is 0. The summed E-state index contributed by atoms with van der Waals surface area (Å²) in [6.07, 6.45) is 3.84. The minimum Gasteiger partial charge on any atom is -0.263 e. The van der Waals surface area contributed by atoms with Crippen molar-refractivity contribution in [2.45, 2.75) is 25.2 Å². The van der Waals surface area contributed by atoms with Crippen molar-refractivity contribution in [3.05, 3.63) is 144 Å². The lowest BCUT2D eigenvalue weighted by molar-refractivity contribution is 0.138. The van der Waals surface area contributed by atoms with Crippen LogP contribution in [-0.2, 0) is 0 Å². The summed E-state index contributed by atoms with van der Waals surface area (Å²) in [7, 11) is 0. The molecule has 0 radical (unpaired) electrons. The summed E-state index contributed by atoms with van der Waals surface area (Å²) >= 11 is 0. The third-order valence-corrected chi connectivity index (χ3v) is 6.20. The molecule has 34 heavy (non-hydrogen) atoms. The van der Waals surface area contributed by atoms with Crippen LogP contribution >= 0.6 is 0 Å². The van der Waals surface area contributed by atoms with Crippen LogP contribution in [0.5, 0.6) is 0 Å². The predicted molar refractivity (Wildman–Crippen MR) is 140 cm³/mol. The van der Waals surface area contributed by atoms with Crippen LogP contribution in [0.4, 0.5) is 0 Å². The summed E-state index contributed by atoms with van der Waals surface area (Å²) in [5.41, 5.74) is 4.57. The SMILES string of the molecule is CC1N(/N=C\c2ccccc2)[C@H](c2ccccc2)[C@H](c2ccccc2)N1/N=C\c1ccccc1. The van der Waals surface area contributed by atoms with Crippen LogP contribution in [0.3, 0.4) is 0 Å². The normalized spacial score (nSPS) is 20.4. The van der Waals surface area contributed by atoms with Gasteiger partial charge in [0.2, 0.25) is 0 Å². The van der Waals surface area contributed by atoms with E-state index in [9.17, 15) is 0 Å². The van der Waals surface area contributed by atoms with E-state index in [2.05, 4.69) is 102 Å². The molecule has 4 nitrogen and oxygen atoms in total. The Morgan fingerprint density at radius 1 is 0.500 bits per heavy atom. The Hall–Kier alpha value is -4.18. The van der Waals surface area contributed by atoms with Gasteiger partial charge in [-0.05, 0) is 29.2 Å². The minimum absolute atomic E-state index is 0.00601. The highest BCUT2D eigenvalue weighted by molar-refractivity contribution is 5.79. The van der Waals surface area contributed by atoms with Crippen LogP contribution in [0.25, 0.3) is 0 Å². The molecular weight excluding hydrogens is 416 g/mol. The molecule has 0 saturated carbocycles. The molecule has 1 saturated heterocycles. The van der Waals surface area contributed by atoms with Gasteiger partial charge in [-0.15, -0.1) is 0 Å². The molecule has 0 aromatic heterocycles. The van der Waals surface area contributed by atoms with Crippen molar-refractivity contribution in [1.29, 1.82) is 0 Å². The van der Waals surface area contributed by atoms with Crippen molar-refractivity contribution in [2.75, 3.05) is 0 Å². The molecule has 3 atom stereocenters. The lowest BCUT2D eigenvalue weighted by atomic mass is 9.94. The fourth-order valence-corrected chi connectivity index (χ4v) is 4.53. The molecule has 4 aromatic rings. The van der Waals surface area contributed by atoms with Crippen LogP contribution in [-0.4, -0.2) is 28.6 Å². The Morgan fingerprint density at radius 2 is 0.824 bits per heavy atom. The Morgan fingerprint density at radius 3 is 1.18 bits per heavy atom. The van der Waals surface area contributed by atoms with E-state index in [4.69, 9.17) is 10.2 Å². The Bertz CT molecular complexity index is 1130. The average Bonchev–Trinajstić information content (AvgIpc) is 3.19. The maximum absolute atomic E-state index is 5.01. The Kier molecular flexibility index (Phi) is 6.48. The molecule has 0 bridgehead atoms. The van der Waals surface area contributed by atoms with Gasteiger partial charge in [-0.25, -0.2) is 0 Å². The van der Waals surface area contributed by atoms with E-state index in [0.717, 1.165) is 11.1 Å². The van der Waals surface area contributed by atoms with E-state index in [0.29, 0.717) is 0 Å². The van der Waals surface area contributed by atoms with E-state index in [1.54, 1.807) is 0 Å². The quantitative estimate of drug-likeness (QED) is 0.318. The predicted octanol–water partition coefficient (Wildman–Crippen LogP) is 6.50. The maximum atomic E-state index is 5.01. The number of hydrogen-bond acceptors (Lipinski definition) is 4. The highest BCUT2D eigenvalue weighted by Crippen LogP contribution is 2.47. The first-order valence-electron chi connectivity index (χ1n) is 11.7. The van der Waals surface area contributed by atoms with Gasteiger partial charge in [0.15, 0.2) is 0 Å².